The number of rotatable bonds is 0. The molecule has 0 fully saturated rings. The van der Waals surface area contributed by atoms with E-state index in [1.165, 1.54) is 0 Å². The zero-order chi connectivity index (χ0) is 0. The topological polar surface area (TPSA) is 85.5 Å². The summed E-state index contributed by atoms with van der Waals surface area (Å²) < 4.78 is 0. The van der Waals surface area contributed by atoms with Crippen molar-refractivity contribution in [1.82, 2.24) is 0 Å². The minimum Gasteiger partial charge on any atom is -2.00 e. The third-order valence-electron chi connectivity index (χ3n) is 0. The van der Waals surface area contributed by atoms with E-state index in [0.29, 0.717) is 0 Å². The van der Waals surface area contributed by atoms with Gasteiger partial charge < -0.3 is 16.4 Å². The zero-order valence-corrected chi connectivity index (χ0v) is 8.56. The third kappa shape index (κ3) is 43.3. The fraction of sp³-hybridized carbons (Fsp3) is 0. The smallest absolute Gasteiger partial charge is 0 e. The Morgan fingerprint density at radius 1 is 0.667 bits per heavy atom. The Bertz CT molecular complexity index is 10.8. The molecule has 0 aliphatic heterocycles. The van der Waals surface area contributed by atoms with Crippen molar-refractivity contribution in [2.45, 2.75) is 0 Å². The van der Waals surface area contributed by atoms with Gasteiger partial charge in [0.05, 0.1) is 0 Å². The maximum absolute atomic E-state index is 0. The Labute approximate surface area is 73.7 Å². The standard InChI is InChI=1S/Cu.Mo.3O.Zn/q;;3*-2;. The van der Waals surface area contributed by atoms with Gasteiger partial charge in [-0.15, -0.1) is 0 Å². The molecule has 0 heterocycles. The molecule has 0 aliphatic rings. The molecule has 0 aromatic carbocycles. The van der Waals surface area contributed by atoms with Gasteiger partial charge in [-0.25, -0.2) is 0 Å². The first-order chi connectivity index (χ1) is 0. The van der Waals surface area contributed by atoms with E-state index in [4.69, 9.17) is 0 Å². The first-order valence-electron chi connectivity index (χ1n) is 0. The Morgan fingerprint density at radius 2 is 0.667 bits per heavy atom. The van der Waals surface area contributed by atoms with Crippen molar-refractivity contribution in [2.75, 3.05) is 0 Å². The van der Waals surface area contributed by atoms with Crippen LogP contribution in [0.3, 0.4) is 0 Å². The Balaban J connectivity index is 0. The van der Waals surface area contributed by atoms with Crippen LogP contribution in [0, 0.1) is 0 Å². The summed E-state index contributed by atoms with van der Waals surface area (Å²) in [6, 6.07) is 0. The Morgan fingerprint density at radius 3 is 0.667 bits per heavy atom. The first kappa shape index (κ1) is 119. The van der Waals surface area contributed by atoms with Crippen LogP contribution in [-0.2, 0) is 74.0 Å². The first-order valence-corrected chi connectivity index (χ1v) is 0. The van der Waals surface area contributed by atoms with E-state index < -0.39 is 0 Å². The van der Waals surface area contributed by atoms with Crippen LogP contribution in [0.15, 0.2) is 0 Å². The summed E-state index contributed by atoms with van der Waals surface area (Å²) in [5.41, 5.74) is 0. The van der Waals surface area contributed by atoms with Gasteiger partial charge in [0.1, 0.15) is 0 Å². The largest absolute Gasteiger partial charge is 2.00 e. The van der Waals surface area contributed by atoms with E-state index in [1.807, 2.05) is 0 Å². The predicted molar refractivity (Wildman–Crippen MR) is 2.06 cm³/mol. The molecule has 1 radical (unpaired) electrons. The quantitative estimate of drug-likeness (QED) is 0.539. The van der Waals surface area contributed by atoms with Crippen molar-refractivity contribution in [2.24, 2.45) is 0 Å². The van der Waals surface area contributed by atoms with E-state index in [2.05, 4.69) is 0 Å². The summed E-state index contributed by atoms with van der Waals surface area (Å²) in [7, 11) is 0. The molecular formula is CuMoO3Zn-6. The molecule has 0 unspecified atom stereocenters. The molecule has 0 aliphatic carbocycles. The van der Waals surface area contributed by atoms with E-state index in [1.54, 1.807) is 0 Å². The van der Waals surface area contributed by atoms with Gasteiger partial charge in [0, 0.05) is 57.6 Å². The zero-order valence-electron chi connectivity index (χ0n) is 2.64. The van der Waals surface area contributed by atoms with Gasteiger partial charge >= 0.3 is 0 Å². The molecule has 0 saturated carbocycles. The minimum atomic E-state index is 0. The van der Waals surface area contributed by atoms with E-state index in [0.717, 1.165) is 0 Å². The monoisotopic (exact) mass is 273 g/mol. The second kappa shape index (κ2) is 74.8. The summed E-state index contributed by atoms with van der Waals surface area (Å²) in [4.78, 5) is 0. The molecule has 0 saturated heterocycles. The van der Waals surface area contributed by atoms with Crippen LogP contribution >= 0.6 is 0 Å². The van der Waals surface area contributed by atoms with Crippen LogP contribution in [0.2, 0.25) is 0 Å². The van der Waals surface area contributed by atoms with Crippen molar-refractivity contribution in [1.29, 1.82) is 0 Å². The van der Waals surface area contributed by atoms with Gasteiger partial charge in [-0.1, -0.05) is 0 Å². The van der Waals surface area contributed by atoms with Crippen LogP contribution in [0.1, 0.15) is 0 Å². The third-order valence-corrected chi connectivity index (χ3v) is 0. The molecule has 3 nitrogen and oxygen atoms in total. The van der Waals surface area contributed by atoms with Crippen molar-refractivity contribution in [3.63, 3.8) is 0 Å². The molecular weight excluding hydrogens is 273 g/mol. The molecule has 0 atom stereocenters. The molecule has 0 rings (SSSR count). The summed E-state index contributed by atoms with van der Waals surface area (Å²) in [6.07, 6.45) is 0. The fourth-order valence-corrected chi connectivity index (χ4v) is 0. The Kier molecular flexibility index (Phi) is 1480. The molecule has 6 heavy (non-hydrogen) atoms. The van der Waals surface area contributed by atoms with E-state index >= 15 is 0 Å². The molecule has 0 aromatic heterocycles. The molecule has 6 heteroatoms. The minimum absolute atomic E-state index is 0. The predicted octanol–water partition coefficient (Wildman–Crippen LogP) is -0.364. The maximum atomic E-state index is 0. The average molecular weight is 273 g/mol. The van der Waals surface area contributed by atoms with E-state index in [-0.39, 0.29) is 74.0 Å². The Hall–Kier alpha value is 1.71. The van der Waals surface area contributed by atoms with Gasteiger partial charge in [-0.3, -0.25) is 0 Å². The van der Waals surface area contributed by atoms with Gasteiger partial charge in [0.15, 0.2) is 0 Å². The van der Waals surface area contributed by atoms with Crippen LogP contribution in [0.25, 0.3) is 0 Å². The van der Waals surface area contributed by atoms with Crippen molar-refractivity contribution in [3.05, 3.63) is 0 Å². The molecule has 0 amide bonds. The van der Waals surface area contributed by atoms with Crippen molar-refractivity contribution >= 4 is 0 Å². The van der Waals surface area contributed by atoms with Crippen LogP contribution in [0.4, 0.5) is 0 Å². The van der Waals surface area contributed by atoms with Crippen LogP contribution in [-0.4, -0.2) is 0 Å². The molecule has 43 valence electrons. The van der Waals surface area contributed by atoms with Crippen molar-refractivity contribution in [3.8, 4) is 0 Å². The summed E-state index contributed by atoms with van der Waals surface area (Å²) in [6.45, 7) is 0. The molecule has 0 N–H and O–H groups in total. The maximum Gasteiger partial charge on any atom is 0 e. The van der Waals surface area contributed by atoms with Crippen LogP contribution < -0.4 is 0 Å². The summed E-state index contributed by atoms with van der Waals surface area (Å²) >= 11 is 0. The SMILES string of the molecule is [Cu].[Mo].[O-2].[O-2].[O-2].[Zn]. The normalized spacial score (nSPS) is 0. The van der Waals surface area contributed by atoms with Gasteiger partial charge in [0.25, 0.3) is 0 Å². The molecule has 0 spiro atoms. The van der Waals surface area contributed by atoms with Crippen LogP contribution in [0.5, 0.6) is 0 Å². The fourth-order valence-electron chi connectivity index (χ4n) is 0. The second-order valence-electron chi connectivity index (χ2n) is 0. The molecule has 0 bridgehead atoms. The average Bonchev–Trinajstić information content (AvgIpc) is 0. The number of hydrogen-bond acceptors (Lipinski definition) is 0. The number of hydrogen-bond donors (Lipinski definition) is 0. The van der Waals surface area contributed by atoms with E-state index in [9.17, 15) is 0 Å². The van der Waals surface area contributed by atoms with Gasteiger partial charge in [-0.2, -0.15) is 0 Å². The van der Waals surface area contributed by atoms with Crippen molar-refractivity contribution < 1.29 is 74.0 Å². The molecule has 0 aromatic rings. The second-order valence-corrected chi connectivity index (χ2v) is 0. The summed E-state index contributed by atoms with van der Waals surface area (Å²) in [5, 5.41) is 0. The van der Waals surface area contributed by atoms with Gasteiger partial charge in [-0.05, 0) is 0 Å². The summed E-state index contributed by atoms with van der Waals surface area (Å²) in [5.74, 6) is 0. The van der Waals surface area contributed by atoms with Gasteiger partial charge in [0.2, 0.25) is 0 Å².